The molecule has 6 heteroatoms. The van der Waals surface area contributed by atoms with Crippen LogP contribution in [0.1, 0.15) is 26.7 Å². The second kappa shape index (κ2) is 5.82. The van der Waals surface area contributed by atoms with Crippen LogP contribution in [-0.2, 0) is 9.59 Å². The first-order chi connectivity index (χ1) is 8.28. The van der Waals surface area contributed by atoms with E-state index in [0.717, 1.165) is 0 Å². The molecular formula is C12H15ClN2O3. The largest absolute Gasteiger partial charge is 0.481 e. The maximum absolute atomic E-state index is 11.7. The number of aliphatic carboxylic acids is 1. The Bertz CT molecular complexity index is 460. The van der Waals surface area contributed by atoms with Crippen molar-refractivity contribution in [3.63, 3.8) is 0 Å². The van der Waals surface area contributed by atoms with Crippen LogP contribution in [-0.4, -0.2) is 22.0 Å². The lowest BCUT2D eigenvalue weighted by atomic mass is 9.85. The summed E-state index contributed by atoms with van der Waals surface area (Å²) in [7, 11) is 0. The summed E-state index contributed by atoms with van der Waals surface area (Å²) in [5.74, 6) is -0.844. The Balaban J connectivity index is 2.59. The van der Waals surface area contributed by atoms with Gasteiger partial charge >= 0.3 is 5.97 Å². The van der Waals surface area contributed by atoms with E-state index in [1.807, 2.05) is 0 Å². The Labute approximate surface area is 110 Å². The van der Waals surface area contributed by atoms with Crippen molar-refractivity contribution in [1.82, 2.24) is 4.98 Å². The molecule has 0 atom stereocenters. The van der Waals surface area contributed by atoms with E-state index in [9.17, 15) is 9.59 Å². The van der Waals surface area contributed by atoms with Gasteiger partial charge in [0.15, 0.2) is 0 Å². The zero-order valence-corrected chi connectivity index (χ0v) is 11.0. The third kappa shape index (κ3) is 5.14. The lowest BCUT2D eigenvalue weighted by Crippen LogP contribution is -2.25. The van der Waals surface area contributed by atoms with Crippen LogP contribution >= 0.6 is 11.6 Å². The predicted molar refractivity (Wildman–Crippen MR) is 68.5 cm³/mol. The molecule has 0 bridgehead atoms. The monoisotopic (exact) mass is 270 g/mol. The fourth-order valence-electron chi connectivity index (χ4n) is 1.57. The molecule has 0 saturated carbocycles. The van der Waals surface area contributed by atoms with Crippen molar-refractivity contribution in [2.24, 2.45) is 5.41 Å². The topological polar surface area (TPSA) is 79.3 Å². The first-order valence-corrected chi connectivity index (χ1v) is 5.79. The Hall–Kier alpha value is -1.62. The molecule has 0 aliphatic carbocycles. The van der Waals surface area contributed by atoms with Crippen LogP contribution in [0, 0.1) is 5.41 Å². The van der Waals surface area contributed by atoms with E-state index in [-0.39, 0.29) is 18.7 Å². The Morgan fingerprint density at radius 3 is 2.67 bits per heavy atom. The average molecular weight is 271 g/mol. The van der Waals surface area contributed by atoms with Crippen LogP contribution in [0.5, 0.6) is 0 Å². The minimum Gasteiger partial charge on any atom is -0.481 e. The highest BCUT2D eigenvalue weighted by molar-refractivity contribution is 6.30. The molecule has 1 amide bonds. The van der Waals surface area contributed by atoms with E-state index >= 15 is 0 Å². The van der Waals surface area contributed by atoms with Crippen LogP contribution in [0.3, 0.4) is 0 Å². The van der Waals surface area contributed by atoms with E-state index in [1.165, 1.54) is 12.3 Å². The zero-order valence-electron chi connectivity index (χ0n) is 10.2. The van der Waals surface area contributed by atoms with Crippen molar-refractivity contribution in [3.8, 4) is 0 Å². The number of rotatable bonds is 5. The number of carbonyl (C=O) groups excluding carboxylic acids is 1. The molecule has 0 unspecified atom stereocenters. The first-order valence-electron chi connectivity index (χ1n) is 5.42. The summed E-state index contributed by atoms with van der Waals surface area (Å²) in [6.45, 7) is 3.46. The van der Waals surface area contributed by atoms with E-state index in [1.54, 1.807) is 19.9 Å². The predicted octanol–water partition coefficient (Wildman–Crippen LogP) is 2.56. The molecule has 0 aliphatic heterocycles. The van der Waals surface area contributed by atoms with E-state index in [0.29, 0.717) is 10.8 Å². The van der Waals surface area contributed by atoms with Gasteiger partial charge in [-0.3, -0.25) is 9.59 Å². The van der Waals surface area contributed by atoms with E-state index in [2.05, 4.69) is 10.3 Å². The summed E-state index contributed by atoms with van der Waals surface area (Å²) >= 11 is 5.76. The third-order valence-electron chi connectivity index (χ3n) is 2.26. The lowest BCUT2D eigenvalue weighted by Gasteiger charge is -2.21. The number of amides is 1. The molecule has 0 saturated heterocycles. The van der Waals surface area contributed by atoms with Crippen molar-refractivity contribution in [3.05, 3.63) is 23.4 Å². The van der Waals surface area contributed by atoms with Crippen LogP contribution in [0.2, 0.25) is 5.02 Å². The molecule has 1 aromatic heterocycles. The highest BCUT2D eigenvalue weighted by Crippen LogP contribution is 2.25. The van der Waals surface area contributed by atoms with Gasteiger partial charge in [-0.1, -0.05) is 25.4 Å². The number of anilines is 1. The van der Waals surface area contributed by atoms with Crippen molar-refractivity contribution >= 4 is 29.3 Å². The minimum atomic E-state index is -0.923. The maximum Gasteiger partial charge on any atom is 0.303 e. The molecule has 5 nitrogen and oxygen atoms in total. The SMILES string of the molecule is CC(C)(CC(=O)O)CC(=O)Nc1cc(Cl)ccn1. The van der Waals surface area contributed by atoms with Gasteiger partial charge in [0.05, 0.1) is 6.42 Å². The van der Waals surface area contributed by atoms with Gasteiger partial charge in [-0.05, 0) is 17.5 Å². The van der Waals surface area contributed by atoms with E-state index in [4.69, 9.17) is 16.7 Å². The van der Waals surface area contributed by atoms with E-state index < -0.39 is 11.4 Å². The number of hydrogen-bond acceptors (Lipinski definition) is 3. The molecule has 1 rings (SSSR count). The second-order valence-electron chi connectivity index (χ2n) is 4.82. The summed E-state index contributed by atoms with van der Waals surface area (Å²) in [5, 5.41) is 11.8. The Kier molecular flexibility index (Phi) is 4.67. The Morgan fingerprint density at radius 2 is 2.11 bits per heavy atom. The standard InChI is InChI=1S/C12H15ClN2O3/c1-12(2,7-11(17)18)6-10(16)15-9-5-8(13)3-4-14-9/h3-5H,6-7H2,1-2H3,(H,17,18)(H,14,15,16). The zero-order chi connectivity index (χ0) is 13.8. The number of nitrogens with one attached hydrogen (secondary N) is 1. The average Bonchev–Trinajstić information content (AvgIpc) is 2.13. The summed E-state index contributed by atoms with van der Waals surface area (Å²) in [6, 6.07) is 3.13. The highest BCUT2D eigenvalue weighted by Gasteiger charge is 2.25. The van der Waals surface area contributed by atoms with Crippen molar-refractivity contribution in [2.45, 2.75) is 26.7 Å². The van der Waals surface area contributed by atoms with Crippen LogP contribution in [0.4, 0.5) is 5.82 Å². The smallest absolute Gasteiger partial charge is 0.303 e. The molecule has 0 aliphatic rings. The van der Waals surface area contributed by atoms with Gasteiger partial charge < -0.3 is 10.4 Å². The van der Waals surface area contributed by atoms with Gasteiger partial charge in [0.25, 0.3) is 0 Å². The fraction of sp³-hybridized carbons (Fsp3) is 0.417. The minimum absolute atomic E-state index is 0.0661. The molecular weight excluding hydrogens is 256 g/mol. The number of pyridine rings is 1. The van der Waals surface area contributed by atoms with Gasteiger partial charge in [-0.2, -0.15) is 0 Å². The molecule has 18 heavy (non-hydrogen) atoms. The maximum atomic E-state index is 11.7. The number of nitrogens with zero attached hydrogens (tertiary/aromatic N) is 1. The molecule has 2 N–H and O–H groups in total. The lowest BCUT2D eigenvalue weighted by molar-refractivity contribution is -0.139. The van der Waals surface area contributed by atoms with Crippen molar-refractivity contribution < 1.29 is 14.7 Å². The van der Waals surface area contributed by atoms with Gasteiger partial charge in [0.1, 0.15) is 5.82 Å². The molecule has 98 valence electrons. The molecule has 1 heterocycles. The number of carboxylic acid groups (broad SMARTS) is 1. The quantitative estimate of drug-likeness (QED) is 0.862. The molecule has 0 spiro atoms. The number of halogens is 1. The molecule has 0 aromatic carbocycles. The van der Waals surface area contributed by atoms with Crippen molar-refractivity contribution in [1.29, 1.82) is 0 Å². The molecule has 0 fully saturated rings. The van der Waals surface area contributed by atoms with Crippen LogP contribution < -0.4 is 5.32 Å². The summed E-state index contributed by atoms with van der Waals surface area (Å²) in [4.78, 5) is 26.3. The number of carboxylic acids is 1. The number of hydrogen-bond donors (Lipinski definition) is 2. The van der Waals surface area contributed by atoms with Gasteiger partial charge in [0, 0.05) is 17.6 Å². The van der Waals surface area contributed by atoms with Crippen LogP contribution in [0.15, 0.2) is 18.3 Å². The fourth-order valence-corrected chi connectivity index (χ4v) is 1.73. The van der Waals surface area contributed by atoms with Gasteiger partial charge in [0.2, 0.25) is 5.91 Å². The molecule has 0 radical (unpaired) electrons. The van der Waals surface area contributed by atoms with Crippen molar-refractivity contribution in [2.75, 3.05) is 5.32 Å². The summed E-state index contributed by atoms with van der Waals surface area (Å²) in [6.07, 6.45) is 1.53. The first kappa shape index (κ1) is 14.4. The second-order valence-corrected chi connectivity index (χ2v) is 5.26. The molecule has 1 aromatic rings. The normalized spacial score (nSPS) is 11.1. The Morgan fingerprint density at radius 1 is 1.44 bits per heavy atom. The van der Waals surface area contributed by atoms with Crippen LogP contribution in [0.25, 0.3) is 0 Å². The van der Waals surface area contributed by atoms with Gasteiger partial charge in [-0.25, -0.2) is 4.98 Å². The summed E-state index contributed by atoms with van der Waals surface area (Å²) < 4.78 is 0. The summed E-state index contributed by atoms with van der Waals surface area (Å²) in [5.41, 5.74) is -0.603. The highest BCUT2D eigenvalue weighted by atomic mass is 35.5. The number of carbonyl (C=O) groups is 2. The number of aromatic nitrogens is 1. The van der Waals surface area contributed by atoms with Gasteiger partial charge in [-0.15, -0.1) is 0 Å². The third-order valence-corrected chi connectivity index (χ3v) is 2.49.